The van der Waals surface area contributed by atoms with Crippen LogP contribution in [-0.2, 0) is 4.74 Å². The van der Waals surface area contributed by atoms with Gasteiger partial charge in [0.25, 0.3) is 0 Å². The van der Waals surface area contributed by atoms with E-state index in [1.54, 1.807) is 0 Å². The molecule has 0 amide bonds. The topological polar surface area (TPSA) is 24.5 Å². The molecule has 108 valence electrons. The van der Waals surface area contributed by atoms with Crippen molar-refractivity contribution < 1.29 is 4.74 Å². The van der Waals surface area contributed by atoms with Crippen molar-refractivity contribution in [1.29, 1.82) is 0 Å². The maximum Gasteiger partial charge on any atom is 0.0518 e. The van der Waals surface area contributed by atoms with Crippen LogP contribution in [0.15, 0.2) is 0 Å². The molecule has 2 unspecified atom stereocenters. The van der Waals surface area contributed by atoms with Crippen LogP contribution in [0.3, 0.4) is 0 Å². The van der Waals surface area contributed by atoms with Crippen LogP contribution in [0.1, 0.15) is 40.5 Å². The van der Waals surface area contributed by atoms with Crippen molar-refractivity contribution in [2.75, 3.05) is 39.3 Å². The molecule has 1 aliphatic rings. The molecule has 0 spiro atoms. The van der Waals surface area contributed by atoms with Crippen molar-refractivity contribution in [3.63, 3.8) is 0 Å². The van der Waals surface area contributed by atoms with E-state index < -0.39 is 0 Å². The van der Waals surface area contributed by atoms with Gasteiger partial charge in [-0.15, -0.1) is 0 Å². The third kappa shape index (κ3) is 7.34. The zero-order chi connectivity index (χ0) is 13.4. The zero-order valence-electron chi connectivity index (χ0n) is 12.7. The quantitative estimate of drug-likeness (QED) is 0.675. The smallest absolute Gasteiger partial charge is 0.0518 e. The molecule has 1 rings (SSSR count). The fourth-order valence-electron chi connectivity index (χ4n) is 2.85. The monoisotopic (exact) mass is 256 g/mol. The Balaban J connectivity index is 1.94. The lowest BCUT2D eigenvalue weighted by Gasteiger charge is -2.34. The molecular weight excluding hydrogens is 224 g/mol. The first-order chi connectivity index (χ1) is 8.58. The van der Waals surface area contributed by atoms with E-state index in [2.05, 4.69) is 37.9 Å². The minimum absolute atomic E-state index is 0.362. The molecule has 3 nitrogen and oxygen atoms in total. The summed E-state index contributed by atoms with van der Waals surface area (Å²) in [5, 5.41) is 3.51. The van der Waals surface area contributed by atoms with E-state index in [9.17, 15) is 0 Å². The van der Waals surface area contributed by atoms with Gasteiger partial charge >= 0.3 is 0 Å². The molecule has 1 saturated heterocycles. The summed E-state index contributed by atoms with van der Waals surface area (Å²) in [4.78, 5) is 2.61. The summed E-state index contributed by atoms with van der Waals surface area (Å²) < 4.78 is 5.52. The molecule has 3 heteroatoms. The Hall–Kier alpha value is -0.120. The van der Waals surface area contributed by atoms with Gasteiger partial charge in [0.2, 0.25) is 0 Å². The number of hydrogen-bond acceptors (Lipinski definition) is 3. The molecule has 0 aromatic heterocycles. The molecule has 0 saturated carbocycles. The van der Waals surface area contributed by atoms with Crippen molar-refractivity contribution in [2.24, 2.45) is 11.8 Å². The third-order valence-corrected chi connectivity index (χ3v) is 3.50. The number of ether oxygens (including phenoxy) is 1. The van der Waals surface area contributed by atoms with Crippen LogP contribution in [0.2, 0.25) is 0 Å². The first-order valence-electron chi connectivity index (χ1n) is 7.62. The largest absolute Gasteiger partial charge is 0.379 e. The summed E-state index contributed by atoms with van der Waals surface area (Å²) in [6.07, 6.45) is 2.88. The minimum Gasteiger partial charge on any atom is -0.379 e. The van der Waals surface area contributed by atoms with Crippen molar-refractivity contribution in [2.45, 2.75) is 46.6 Å². The molecule has 1 heterocycles. The van der Waals surface area contributed by atoms with Crippen LogP contribution in [0.4, 0.5) is 0 Å². The summed E-state index contributed by atoms with van der Waals surface area (Å²) in [5.41, 5.74) is 0. The summed E-state index contributed by atoms with van der Waals surface area (Å²) >= 11 is 0. The molecule has 0 bridgehead atoms. The lowest BCUT2D eigenvalue weighted by atomic mass is 9.92. The molecule has 0 aromatic carbocycles. The van der Waals surface area contributed by atoms with E-state index in [-0.39, 0.29) is 0 Å². The van der Waals surface area contributed by atoms with Crippen LogP contribution in [0.5, 0.6) is 0 Å². The van der Waals surface area contributed by atoms with Crippen LogP contribution in [0.25, 0.3) is 0 Å². The SMILES string of the molecule is CC1CC(C)CN(CCNCCCOC(C)C)C1. The Morgan fingerprint density at radius 3 is 2.44 bits per heavy atom. The van der Waals surface area contributed by atoms with Gasteiger partial charge in [0.1, 0.15) is 0 Å². The van der Waals surface area contributed by atoms with Crippen LogP contribution < -0.4 is 5.32 Å². The van der Waals surface area contributed by atoms with Gasteiger partial charge in [0.15, 0.2) is 0 Å². The molecule has 1 N–H and O–H groups in total. The predicted molar refractivity (Wildman–Crippen MR) is 78.0 cm³/mol. The number of rotatable bonds is 8. The van der Waals surface area contributed by atoms with E-state index in [0.717, 1.165) is 38.0 Å². The van der Waals surface area contributed by atoms with Gasteiger partial charge in [-0.1, -0.05) is 13.8 Å². The maximum absolute atomic E-state index is 5.52. The van der Waals surface area contributed by atoms with Gasteiger partial charge in [-0.25, -0.2) is 0 Å². The maximum atomic E-state index is 5.52. The number of piperidine rings is 1. The average molecular weight is 256 g/mol. The molecule has 0 aliphatic carbocycles. The Labute approximate surface area is 113 Å². The van der Waals surface area contributed by atoms with E-state index in [4.69, 9.17) is 4.74 Å². The highest BCUT2D eigenvalue weighted by Crippen LogP contribution is 2.20. The molecule has 0 aromatic rings. The van der Waals surface area contributed by atoms with Crippen molar-refractivity contribution in [3.8, 4) is 0 Å². The Morgan fingerprint density at radius 2 is 1.83 bits per heavy atom. The molecule has 1 fully saturated rings. The van der Waals surface area contributed by atoms with Crippen LogP contribution >= 0.6 is 0 Å². The number of hydrogen-bond donors (Lipinski definition) is 1. The molecule has 0 radical (unpaired) electrons. The second-order valence-corrected chi connectivity index (χ2v) is 6.23. The van der Waals surface area contributed by atoms with Gasteiger partial charge in [-0.3, -0.25) is 0 Å². The molecule has 2 atom stereocenters. The second kappa shape index (κ2) is 8.89. The average Bonchev–Trinajstić information content (AvgIpc) is 2.26. The van der Waals surface area contributed by atoms with E-state index in [0.29, 0.717) is 6.10 Å². The first kappa shape index (κ1) is 15.9. The molecule has 1 aliphatic heterocycles. The van der Waals surface area contributed by atoms with Gasteiger partial charge < -0.3 is 15.0 Å². The third-order valence-electron chi connectivity index (χ3n) is 3.50. The number of nitrogens with zero attached hydrogens (tertiary/aromatic N) is 1. The Bertz CT molecular complexity index is 199. The minimum atomic E-state index is 0.362. The Morgan fingerprint density at radius 1 is 1.17 bits per heavy atom. The Kier molecular flexibility index (Phi) is 7.87. The second-order valence-electron chi connectivity index (χ2n) is 6.23. The zero-order valence-corrected chi connectivity index (χ0v) is 12.7. The fourth-order valence-corrected chi connectivity index (χ4v) is 2.85. The first-order valence-corrected chi connectivity index (χ1v) is 7.62. The van der Waals surface area contributed by atoms with Crippen molar-refractivity contribution in [3.05, 3.63) is 0 Å². The lowest BCUT2D eigenvalue weighted by Crippen LogP contribution is -2.42. The molecular formula is C15H32N2O. The van der Waals surface area contributed by atoms with E-state index in [1.165, 1.54) is 26.1 Å². The normalized spacial score (nSPS) is 25.8. The lowest BCUT2D eigenvalue weighted by molar-refractivity contribution is 0.0768. The summed E-state index contributed by atoms with van der Waals surface area (Å²) in [5.74, 6) is 1.74. The van der Waals surface area contributed by atoms with Gasteiger partial charge in [0, 0.05) is 32.8 Å². The van der Waals surface area contributed by atoms with Crippen LogP contribution in [-0.4, -0.2) is 50.3 Å². The van der Waals surface area contributed by atoms with Crippen molar-refractivity contribution in [1.82, 2.24) is 10.2 Å². The highest BCUT2D eigenvalue weighted by Gasteiger charge is 2.20. The molecule has 18 heavy (non-hydrogen) atoms. The predicted octanol–water partition coefficient (Wildman–Crippen LogP) is 2.37. The van der Waals surface area contributed by atoms with Gasteiger partial charge in [0.05, 0.1) is 6.10 Å². The standard InChI is InChI=1S/C15H32N2O/c1-13(2)18-9-5-6-16-7-8-17-11-14(3)10-15(4)12-17/h13-16H,5-12H2,1-4H3. The van der Waals surface area contributed by atoms with Crippen LogP contribution in [0, 0.1) is 11.8 Å². The summed E-state index contributed by atoms with van der Waals surface area (Å²) in [6.45, 7) is 15.7. The summed E-state index contributed by atoms with van der Waals surface area (Å²) in [7, 11) is 0. The van der Waals surface area contributed by atoms with E-state index in [1.807, 2.05) is 0 Å². The van der Waals surface area contributed by atoms with Gasteiger partial charge in [-0.2, -0.15) is 0 Å². The highest BCUT2D eigenvalue weighted by molar-refractivity contribution is 4.74. The van der Waals surface area contributed by atoms with Gasteiger partial charge in [-0.05, 0) is 45.1 Å². The summed E-state index contributed by atoms with van der Waals surface area (Å²) in [6, 6.07) is 0. The highest BCUT2D eigenvalue weighted by atomic mass is 16.5. The number of likely N-dealkylation sites (tertiary alicyclic amines) is 1. The van der Waals surface area contributed by atoms with Crippen molar-refractivity contribution >= 4 is 0 Å². The van der Waals surface area contributed by atoms with E-state index >= 15 is 0 Å². The number of nitrogens with one attached hydrogen (secondary N) is 1. The fraction of sp³-hybridized carbons (Fsp3) is 1.00.